The van der Waals surface area contributed by atoms with Crippen LogP contribution in [0.15, 0.2) is 188 Å². The standard InChI is InChI=1S/C88H94BN7O/c1-82(2,3)58-33-25-53(26-34-58)76-90-77(54-27-35-59(36-28-54)83(4,5)6)93-80(92-76)66-23-22-24-67(81-94-78(55-29-37-60(38-30-55)84(7,8)9)91-79(95-81)56-31-39-61(40-32-56)85(10,11)12)74(66)57-49-71-75-73(50-57)97-72-48-44-64(88(19,20)21)52-69(72)89(75)68-51-63(87(16,17)18)43-47-70(68)96(71)65-45-41-62(42-46-65)86(13,14)15/h22-52H,1-21H3. The molecule has 4 heterocycles. The fraction of sp³-hybridized carbons (Fsp3) is 0.318. The molecule has 0 spiro atoms. The first-order valence-electron chi connectivity index (χ1n) is 34.6. The van der Waals surface area contributed by atoms with Gasteiger partial charge in [-0.25, -0.2) is 29.9 Å². The molecule has 11 aromatic rings. The van der Waals surface area contributed by atoms with Crippen LogP contribution in [0.2, 0.25) is 0 Å². The van der Waals surface area contributed by atoms with Gasteiger partial charge in [0.25, 0.3) is 6.71 Å². The van der Waals surface area contributed by atoms with E-state index in [0.29, 0.717) is 34.9 Å². The molecule has 0 N–H and O–H groups in total. The predicted octanol–water partition coefficient (Wildman–Crippen LogP) is 21.2. The number of rotatable bonds is 8. The summed E-state index contributed by atoms with van der Waals surface area (Å²) in [5.41, 5.74) is 21.6. The molecule has 0 atom stereocenters. The van der Waals surface area contributed by atoms with Crippen LogP contribution in [0.1, 0.15) is 184 Å². The van der Waals surface area contributed by atoms with Gasteiger partial charge in [-0.2, -0.15) is 0 Å². The maximum Gasteiger partial charge on any atom is 0.256 e. The Bertz CT molecular complexity index is 4490. The summed E-state index contributed by atoms with van der Waals surface area (Å²) in [5, 5.41) is 0. The van der Waals surface area contributed by atoms with Crippen molar-refractivity contribution in [3.8, 4) is 91.0 Å². The Morgan fingerprint density at radius 2 is 0.598 bits per heavy atom. The van der Waals surface area contributed by atoms with Gasteiger partial charge >= 0.3 is 0 Å². The second-order valence-electron chi connectivity index (χ2n) is 34.3. The normalized spacial score (nSPS) is 13.5. The van der Waals surface area contributed by atoms with Crippen molar-refractivity contribution < 1.29 is 4.74 Å². The van der Waals surface area contributed by atoms with Crippen LogP contribution >= 0.6 is 0 Å². The maximum atomic E-state index is 7.54. The number of ether oxygens (including phenoxy) is 1. The summed E-state index contributed by atoms with van der Waals surface area (Å²) < 4.78 is 7.54. The van der Waals surface area contributed by atoms with E-state index < -0.39 is 0 Å². The highest BCUT2D eigenvalue weighted by atomic mass is 16.5. The van der Waals surface area contributed by atoms with Crippen molar-refractivity contribution in [2.75, 3.05) is 4.90 Å². The van der Waals surface area contributed by atoms with Gasteiger partial charge in [0, 0.05) is 56.0 Å². The van der Waals surface area contributed by atoms with E-state index in [-0.39, 0.29) is 44.6 Å². The lowest BCUT2D eigenvalue weighted by molar-refractivity contribution is 0.486. The third kappa shape index (κ3) is 13.0. The first-order valence-corrected chi connectivity index (χ1v) is 34.6. The van der Waals surface area contributed by atoms with Crippen LogP contribution < -0.4 is 26.0 Å². The Labute approximate surface area is 577 Å². The zero-order valence-electron chi connectivity index (χ0n) is 61.0. The molecule has 490 valence electrons. The molecule has 2 aliphatic heterocycles. The van der Waals surface area contributed by atoms with Crippen molar-refractivity contribution in [1.82, 2.24) is 29.9 Å². The average molecular weight is 1280 g/mol. The van der Waals surface area contributed by atoms with Crippen LogP contribution in [0.25, 0.3) is 79.5 Å². The van der Waals surface area contributed by atoms with E-state index in [9.17, 15) is 0 Å². The van der Waals surface area contributed by atoms with Gasteiger partial charge in [-0.15, -0.1) is 0 Å². The third-order valence-corrected chi connectivity index (χ3v) is 19.6. The van der Waals surface area contributed by atoms with Crippen LogP contribution in [0.5, 0.6) is 11.5 Å². The van der Waals surface area contributed by atoms with E-state index in [4.69, 9.17) is 34.6 Å². The summed E-state index contributed by atoms with van der Waals surface area (Å²) in [4.78, 5) is 35.6. The fourth-order valence-electron chi connectivity index (χ4n) is 13.4. The molecule has 13 rings (SSSR count). The number of hydrogen-bond donors (Lipinski definition) is 0. The van der Waals surface area contributed by atoms with Crippen molar-refractivity contribution in [3.05, 3.63) is 227 Å². The second-order valence-corrected chi connectivity index (χ2v) is 34.3. The van der Waals surface area contributed by atoms with Gasteiger partial charge in [0.15, 0.2) is 34.9 Å². The number of hydrogen-bond acceptors (Lipinski definition) is 8. The van der Waals surface area contributed by atoms with Gasteiger partial charge in [0.1, 0.15) is 11.5 Å². The molecule has 0 fully saturated rings. The summed E-state index contributed by atoms with van der Waals surface area (Å²) in [6, 6.07) is 69.0. The van der Waals surface area contributed by atoms with E-state index >= 15 is 0 Å². The minimum atomic E-state index is -0.173. The van der Waals surface area contributed by atoms with Gasteiger partial charge in [0.2, 0.25) is 0 Å². The van der Waals surface area contributed by atoms with Gasteiger partial charge < -0.3 is 9.64 Å². The van der Waals surface area contributed by atoms with E-state index in [1.165, 1.54) is 44.4 Å². The third-order valence-electron chi connectivity index (χ3n) is 19.6. The Hall–Kier alpha value is -9.34. The topological polar surface area (TPSA) is 89.8 Å². The molecule has 8 nitrogen and oxygen atoms in total. The van der Waals surface area contributed by atoms with E-state index in [2.05, 4.69) is 338 Å². The van der Waals surface area contributed by atoms with Crippen LogP contribution in [-0.2, 0) is 37.9 Å². The lowest BCUT2D eigenvalue weighted by atomic mass is 9.33. The molecule has 0 aliphatic carbocycles. The van der Waals surface area contributed by atoms with Crippen molar-refractivity contribution in [2.45, 2.75) is 183 Å². The summed E-state index contributed by atoms with van der Waals surface area (Å²) in [5.74, 6) is 4.85. The zero-order chi connectivity index (χ0) is 69.3. The Kier molecular flexibility index (Phi) is 16.2. The number of anilines is 3. The van der Waals surface area contributed by atoms with Crippen LogP contribution in [0, 0.1) is 0 Å². The van der Waals surface area contributed by atoms with Crippen LogP contribution in [-0.4, -0.2) is 36.6 Å². The van der Waals surface area contributed by atoms with Gasteiger partial charge in [-0.05, 0) is 135 Å². The molecule has 0 saturated carbocycles. The molecule has 2 aromatic heterocycles. The fourth-order valence-corrected chi connectivity index (χ4v) is 13.4. The monoisotopic (exact) mass is 1280 g/mol. The van der Waals surface area contributed by atoms with Crippen molar-refractivity contribution in [3.63, 3.8) is 0 Å². The van der Waals surface area contributed by atoms with E-state index in [1.54, 1.807) is 0 Å². The van der Waals surface area contributed by atoms with Crippen molar-refractivity contribution in [1.29, 1.82) is 0 Å². The molecule has 9 heteroatoms. The number of aromatic nitrogens is 6. The van der Waals surface area contributed by atoms with E-state index in [1.807, 2.05) is 0 Å². The maximum absolute atomic E-state index is 7.54. The zero-order valence-corrected chi connectivity index (χ0v) is 61.0. The predicted molar refractivity (Wildman–Crippen MR) is 408 cm³/mol. The largest absolute Gasteiger partial charge is 0.458 e. The van der Waals surface area contributed by atoms with E-state index in [0.717, 1.165) is 84.0 Å². The SMILES string of the molecule is CC(C)(C)c1ccc(-c2nc(-c3ccc(C(C)(C)C)cc3)nc(-c3cccc(-c4nc(-c5ccc(C(C)(C)C)cc5)nc(-c5ccc(C(C)(C)C)cc5)n4)c3-c3cc4c5c(c3)N(c3ccc(C(C)(C)C)cc3)c3ccc(C(C)(C)C)cc3B5c3cc(C(C)(C)C)ccc3O4)n2)cc1. The van der Waals surface area contributed by atoms with Gasteiger partial charge in [-0.3, -0.25) is 0 Å². The summed E-state index contributed by atoms with van der Waals surface area (Å²) in [6.07, 6.45) is 0. The molecular formula is C88H94BN7O. The minimum absolute atomic E-state index is 0.0586. The van der Waals surface area contributed by atoms with Crippen molar-refractivity contribution >= 4 is 40.2 Å². The lowest BCUT2D eigenvalue weighted by Gasteiger charge is -2.41. The molecule has 9 aromatic carbocycles. The molecule has 0 bridgehead atoms. The first-order chi connectivity index (χ1) is 45.4. The first kappa shape index (κ1) is 66.3. The second kappa shape index (κ2) is 23.7. The van der Waals surface area contributed by atoms with Gasteiger partial charge in [-0.1, -0.05) is 297 Å². The highest BCUT2D eigenvalue weighted by molar-refractivity contribution is 6.99. The molecule has 0 unspecified atom stereocenters. The quantitative estimate of drug-likeness (QED) is 0.139. The molecular weight excluding hydrogens is 1180 g/mol. The Morgan fingerprint density at radius 1 is 0.278 bits per heavy atom. The molecule has 0 saturated heterocycles. The number of benzene rings is 9. The summed E-state index contributed by atoms with van der Waals surface area (Å²) >= 11 is 0. The summed E-state index contributed by atoms with van der Waals surface area (Å²) in [7, 11) is 0. The van der Waals surface area contributed by atoms with Crippen LogP contribution in [0.3, 0.4) is 0 Å². The minimum Gasteiger partial charge on any atom is -0.458 e. The Balaban J connectivity index is 1.14. The molecule has 97 heavy (non-hydrogen) atoms. The highest BCUT2D eigenvalue weighted by Gasteiger charge is 2.44. The number of nitrogens with zero attached hydrogens (tertiary/aromatic N) is 7. The Morgan fingerprint density at radius 3 is 0.959 bits per heavy atom. The lowest BCUT2D eigenvalue weighted by Crippen LogP contribution is -2.60. The smallest absolute Gasteiger partial charge is 0.256 e. The van der Waals surface area contributed by atoms with Gasteiger partial charge in [0.05, 0.1) is 0 Å². The molecule has 0 amide bonds. The van der Waals surface area contributed by atoms with Crippen molar-refractivity contribution in [2.24, 2.45) is 0 Å². The number of fused-ring (bicyclic) bond motifs is 4. The molecule has 0 radical (unpaired) electrons. The average Bonchev–Trinajstić information content (AvgIpc) is 0.702. The highest BCUT2D eigenvalue weighted by Crippen LogP contribution is 2.48. The molecule has 2 aliphatic rings. The van der Waals surface area contributed by atoms with Crippen LogP contribution in [0.4, 0.5) is 17.1 Å². The summed E-state index contributed by atoms with van der Waals surface area (Å²) in [6.45, 7) is 47.4.